The average molecular weight is 445 g/mol. The maximum Gasteiger partial charge on any atom is 0.247 e. The van der Waals surface area contributed by atoms with Gasteiger partial charge in [-0.1, -0.05) is 18.0 Å². The van der Waals surface area contributed by atoms with E-state index >= 15 is 0 Å². The van der Waals surface area contributed by atoms with Crippen LogP contribution in [0, 0.1) is 6.92 Å². The summed E-state index contributed by atoms with van der Waals surface area (Å²) in [6.45, 7) is 4.82. The fourth-order valence-corrected chi connectivity index (χ4v) is 5.96. The molecule has 1 aliphatic rings. The first-order valence-electron chi connectivity index (χ1n) is 10.6. The Balaban J connectivity index is 1.68. The molecule has 1 aliphatic heterocycles. The number of methoxy groups -OCH3 is 1. The van der Waals surface area contributed by atoms with E-state index in [1.54, 1.807) is 23.0 Å². The molecule has 1 aromatic carbocycles. The Hall–Kier alpha value is -2.65. The van der Waals surface area contributed by atoms with Gasteiger partial charge in [0.15, 0.2) is 5.76 Å². The SMILES string of the molecule is CCn1ncc(S(=O)(=O)N2CCCCCC2c2cc(-c3ccc(OC)cc3)on2)c1C. The fourth-order valence-electron chi connectivity index (χ4n) is 4.13. The lowest BCUT2D eigenvalue weighted by Crippen LogP contribution is -2.35. The van der Waals surface area contributed by atoms with E-state index in [0.29, 0.717) is 36.7 Å². The van der Waals surface area contributed by atoms with Crippen LogP contribution in [0.2, 0.25) is 0 Å². The highest BCUT2D eigenvalue weighted by molar-refractivity contribution is 7.89. The van der Waals surface area contributed by atoms with Gasteiger partial charge in [0, 0.05) is 24.7 Å². The van der Waals surface area contributed by atoms with Crippen LogP contribution in [-0.2, 0) is 16.6 Å². The van der Waals surface area contributed by atoms with Crippen LogP contribution >= 0.6 is 0 Å². The molecule has 4 rings (SSSR count). The third kappa shape index (κ3) is 4.12. The normalized spacial score (nSPS) is 18.1. The first-order chi connectivity index (χ1) is 15.0. The molecule has 8 nitrogen and oxygen atoms in total. The van der Waals surface area contributed by atoms with Crippen LogP contribution in [0.4, 0.5) is 0 Å². The topological polar surface area (TPSA) is 90.5 Å². The second kappa shape index (κ2) is 8.84. The van der Waals surface area contributed by atoms with Crippen LogP contribution in [0.25, 0.3) is 11.3 Å². The van der Waals surface area contributed by atoms with Crippen LogP contribution in [-0.4, -0.2) is 41.3 Å². The van der Waals surface area contributed by atoms with Gasteiger partial charge in [-0.2, -0.15) is 9.40 Å². The Bertz CT molecular complexity index is 1130. The molecule has 0 radical (unpaired) electrons. The molecule has 3 aromatic rings. The minimum Gasteiger partial charge on any atom is -0.497 e. The summed E-state index contributed by atoms with van der Waals surface area (Å²) in [5, 5.41) is 8.51. The third-order valence-electron chi connectivity index (χ3n) is 5.89. The van der Waals surface area contributed by atoms with Crippen molar-refractivity contribution in [3.63, 3.8) is 0 Å². The van der Waals surface area contributed by atoms with Gasteiger partial charge < -0.3 is 9.26 Å². The van der Waals surface area contributed by atoms with E-state index in [1.165, 1.54) is 6.20 Å². The van der Waals surface area contributed by atoms with Crippen LogP contribution in [0.1, 0.15) is 50.0 Å². The van der Waals surface area contributed by atoms with E-state index in [0.717, 1.165) is 30.6 Å². The van der Waals surface area contributed by atoms with Crippen LogP contribution in [0.3, 0.4) is 0 Å². The summed E-state index contributed by atoms with van der Waals surface area (Å²) < 4.78 is 41.3. The van der Waals surface area contributed by atoms with Crippen molar-refractivity contribution in [3.05, 3.63) is 47.9 Å². The van der Waals surface area contributed by atoms with Crippen molar-refractivity contribution in [3.8, 4) is 17.1 Å². The largest absolute Gasteiger partial charge is 0.497 e. The molecule has 0 saturated carbocycles. The molecule has 1 fully saturated rings. The lowest BCUT2D eigenvalue weighted by Gasteiger charge is -2.27. The van der Waals surface area contributed by atoms with E-state index in [1.807, 2.05) is 37.3 Å². The van der Waals surface area contributed by atoms with Gasteiger partial charge in [0.1, 0.15) is 16.3 Å². The predicted octanol–water partition coefficient (Wildman–Crippen LogP) is 4.18. The Labute approximate surface area is 182 Å². The van der Waals surface area contributed by atoms with E-state index in [9.17, 15) is 8.42 Å². The van der Waals surface area contributed by atoms with Crippen molar-refractivity contribution in [1.82, 2.24) is 19.2 Å². The minimum absolute atomic E-state index is 0.264. The summed E-state index contributed by atoms with van der Waals surface area (Å²) in [7, 11) is -2.10. The molecule has 3 heterocycles. The van der Waals surface area contributed by atoms with E-state index in [2.05, 4.69) is 10.3 Å². The summed E-state index contributed by atoms with van der Waals surface area (Å²) in [6, 6.07) is 8.98. The molecular formula is C22H28N4O4S. The predicted molar refractivity (Wildman–Crippen MR) is 116 cm³/mol. The van der Waals surface area contributed by atoms with E-state index in [-0.39, 0.29) is 10.9 Å². The summed E-state index contributed by atoms with van der Waals surface area (Å²) in [5.41, 5.74) is 2.16. The van der Waals surface area contributed by atoms with Gasteiger partial charge in [-0.15, -0.1) is 0 Å². The molecule has 0 spiro atoms. The Morgan fingerprint density at radius 3 is 2.65 bits per heavy atom. The number of sulfonamides is 1. The number of benzene rings is 1. The van der Waals surface area contributed by atoms with Crippen molar-refractivity contribution in [1.29, 1.82) is 0 Å². The number of rotatable bonds is 6. The van der Waals surface area contributed by atoms with E-state index < -0.39 is 10.0 Å². The number of nitrogens with zero attached hydrogens (tertiary/aromatic N) is 4. The van der Waals surface area contributed by atoms with Gasteiger partial charge in [0.25, 0.3) is 0 Å². The molecule has 0 aliphatic carbocycles. The molecule has 0 amide bonds. The third-order valence-corrected chi connectivity index (χ3v) is 7.90. The monoisotopic (exact) mass is 444 g/mol. The highest BCUT2D eigenvalue weighted by atomic mass is 32.2. The molecule has 1 saturated heterocycles. The maximum absolute atomic E-state index is 13.6. The lowest BCUT2D eigenvalue weighted by atomic mass is 10.1. The lowest BCUT2D eigenvalue weighted by molar-refractivity contribution is 0.308. The second-order valence-electron chi connectivity index (χ2n) is 7.74. The summed E-state index contributed by atoms with van der Waals surface area (Å²) in [4.78, 5) is 0.264. The summed E-state index contributed by atoms with van der Waals surface area (Å²) >= 11 is 0. The molecule has 31 heavy (non-hydrogen) atoms. The zero-order valence-electron chi connectivity index (χ0n) is 18.1. The van der Waals surface area contributed by atoms with Crippen molar-refractivity contribution < 1.29 is 17.7 Å². The average Bonchev–Trinajstić information content (AvgIpc) is 3.33. The number of aromatic nitrogens is 3. The zero-order chi connectivity index (χ0) is 22.0. The standard InChI is InChI=1S/C22H28N4O4S/c1-4-25-16(2)22(15-23-25)31(27,28)26-13-7-5-6-8-20(26)19-14-21(30-24-19)17-9-11-18(29-3)12-10-17/h9-12,14-15,20H,4-8,13H2,1-3H3. The minimum atomic E-state index is -3.72. The van der Waals surface area contributed by atoms with Crippen LogP contribution in [0.15, 0.2) is 45.9 Å². The van der Waals surface area contributed by atoms with Gasteiger partial charge in [-0.25, -0.2) is 8.42 Å². The van der Waals surface area contributed by atoms with Crippen molar-refractivity contribution in [2.75, 3.05) is 13.7 Å². The smallest absolute Gasteiger partial charge is 0.247 e. The molecule has 166 valence electrons. The molecule has 1 unspecified atom stereocenters. The Morgan fingerprint density at radius 2 is 1.97 bits per heavy atom. The van der Waals surface area contributed by atoms with Gasteiger partial charge >= 0.3 is 0 Å². The first-order valence-corrected chi connectivity index (χ1v) is 12.0. The van der Waals surface area contributed by atoms with Gasteiger partial charge in [0.05, 0.1) is 25.0 Å². The fraction of sp³-hybridized carbons (Fsp3) is 0.455. The van der Waals surface area contributed by atoms with Crippen molar-refractivity contribution in [2.45, 2.75) is 57.0 Å². The highest BCUT2D eigenvalue weighted by Crippen LogP contribution is 2.36. The quantitative estimate of drug-likeness (QED) is 0.566. The molecule has 1 atom stereocenters. The van der Waals surface area contributed by atoms with Crippen molar-refractivity contribution >= 4 is 10.0 Å². The number of aryl methyl sites for hydroxylation is 1. The number of ether oxygens (including phenoxy) is 1. The molecule has 0 bridgehead atoms. The van der Waals surface area contributed by atoms with E-state index in [4.69, 9.17) is 9.26 Å². The maximum atomic E-state index is 13.6. The molecule has 9 heteroatoms. The Morgan fingerprint density at radius 1 is 1.19 bits per heavy atom. The van der Waals surface area contributed by atoms with Crippen molar-refractivity contribution in [2.24, 2.45) is 0 Å². The summed E-state index contributed by atoms with van der Waals surface area (Å²) in [6.07, 6.45) is 4.91. The molecular weight excluding hydrogens is 416 g/mol. The number of hydrogen-bond acceptors (Lipinski definition) is 6. The number of hydrogen-bond donors (Lipinski definition) is 0. The molecule has 2 aromatic heterocycles. The zero-order valence-corrected chi connectivity index (χ0v) is 18.9. The van der Waals surface area contributed by atoms with Gasteiger partial charge in [-0.3, -0.25) is 4.68 Å². The van der Waals surface area contributed by atoms with Gasteiger partial charge in [-0.05, 0) is 51.0 Å². The Kier molecular flexibility index (Phi) is 6.15. The molecule has 0 N–H and O–H groups in total. The second-order valence-corrected chi connectivity index (χ2v) is 9.59. The van der Waals surface area contributed by atoms with Crippen LogP contribution < -0.4 is 4.74 Å². The summed E-state index contributed by atoms with van der Waals surface area (Å²) in [5.74, 6) is 1.36. The highest BCUT2D eigenvalue weighted by Gasteiger charge is 2.37. The van der Waals surface area contributed by atoms with Gasteiger partial charge in [0.2, 0.25) is 10.0 Å². The first kappa shape index (κ1) is 21.6. The van der Waals surface area contributed by atoms with Crippen LogP contribution in [0.5, 0.6) is 5.75 Å².